The van der Waals surface area contributed by atoms with Crippen molar-refractivity contribution in [1.82, 2.24) is 0 Å². The zero-order chi connectivity index (χ0) is 0. The second kappa shape index (κ2) is 321. The van der Waals surface area contributed by atoms with Gasteiger partial charge in [0.15, 0.2) is 0 Å². The van der Waals surface area contributed by atoms with E-state index in [0.717, 1.165) is 0 Å². The molecule has 0 aromatic rings. The van der Waals surface area contributed by atoms with Crippen molar-refractivity contribution < 1.29 is 53.1 Å². The molecule has 0 aromatic heterocycles. The van der Waals surface area contributed by atoms with E-state index in [1.807, 2.05) is 0 Å². The van der Waals surface area contributed by atoms with Crippen molar-refractivity contribution in [3.8, 4) is 0 Å². The van der Waals surface area contributed by atoms with E-state index in [-0.39, 0.29) is 77.7 Å². The van der Waals surface area contributed by atoms with Gasteiger partial charge in [0.2, 0.25) is 0 Å². The van der Waals surface area contributed by atoms with Gasteiger partial charge in [0.1, 0.15) is 0 Å². The first kappa shape index (κ1) is 468. The van der Waals surface area contributed by atoms with Crippen molar-refractivity contribution in [1.29, 1.82) is 0 Å². The molecule has 8 heavy (non-hydrogen) atoms. The molecule has 0 fully saturated rings. The van der Waals surface area contributed by atoms with Crippen molar-refractivity contribution in [3.05, 3.63) is 24.6 Å². The third-order valence-corrected chi connectivity index (χ3v) is 0. The van der Waals surface area contributed by atoms with E-state index < -0.39 is 0 Å². The average molecular weight is 490 g/mol. The van der Waals surface area contributed by atoms with Gasteiger partial charge < -0.3 is 35.6 Å². The fourth-order valence-corrected chi connectivity index (χ4v) is 0. The molecule has 0 aliphatic carbocycles. The summed E-state index contributed by atoms with van der Waals surface area (Å²) in [5, 5.41) is 0. The third-order valence-electron chi connectivity index (χ3n) is 0. The monoisotopic (exact) mass is 490 g/mol. The zero-order valence-electron chi connectivity index (χ0n) is 3.94. The van der Waals surface area contributed by atoms with Gasteiger partial charge in [-0.2, -0.15) is 0 Å². The Hall–Kier alpha value is 1.14. The van der Waals surface area contributed by atoms with Crippen LogP contribution in [-0.4, -0.2) is 11.0 Å². The Labute approximate surface area is 77.6 Å². The average Bonchev–Trinajstić information content (AvgIpc) is 0. The largest absolute Gasteiger partial charge is 2.00 e. The molecule has 0 spiro atoms. The predicted octanol–water partition coefficient (Wildman–Crippen LogP) is 1.21. The minimum atomic E-state index is 0. The third kappa shape index (κ3) is 208. The first-order valence-corrected chi connectivity index (χ1v) is 0. The molecule has 0 unspecified atom stereocenters. The summed E-state index contributed by atoms with van der Waals surface area (Å²) in [6, 6.07) is 0. The van der Waals surface area contributed by atoms with E-state index in [1.165, 1.54) is 0 Å². The summed E-state index contributed by atoms with van der Waals surface area (Å²) in [5.41, 5.74) is 0. The summed E-state index contributed by atoms with van der Waals surface area (Å²) in [6.45, 7) is 0. The maximum absolute atomic E-state index is 0. The maximum Gasteiger partial charge on any atom is 2.00 e. The Morgan fingerprint density at radius 3 is 0.375 bits per heavy atom. The van der Waals surface area contributed by atoms with Gasteiger partial charge in [-0.3, -0.25) is 0 Å². The molecule has 12 N–H and O–H groups in total. The Kier molecular flexibility index (Phi) is 18800. The van der Waals surface area contributed by atoms with Gasteiger partial charge in [-0.25, -0.2) is 0 Å². The Morgan fingerprint density at radius 2 is 0.375 bits per heavy atom. The van der Waals surface area contributed by atoms with Gasteiger partial charge in [-0.05, 0) is 0 Å². The number of nitrogens with two attached hydrogens (primary N) is 4. The standard InChI is InChI=1S/4H2N.2H2O.2Pt/h6*1H2;;/q4*-1;;;2*+2. The summed E-state index contributed by atoms with van der Waals surface area (Å²) in [4.78, 5) is 0. The molecule has 0 aliphatic heterocycles. The van der Waals surface area contributed by atoms with E-state index in [9.17, 15) is 0 Å². The number of hydrogen-bond acceptors (Lipinski definition) is 0. The predicted molar refractivity (Wildman–Crippen MR) is 28.4 cm³/mol. The van der Waals surface area contributed by atoms with Crippen LogP contribution in [0.5, 0.6) is 0 Å². The van der Waals surface area contributed by atoms with Crippen molar-refractivity contribution in [2.45, 2.75) is 0 Å². The van der Waals surface area contributed by atoms with Crippen LogP contribution in [0.25, 0.3) is 24.6 Å². The van der Waals surface area contributed by atoms with E-state index in [4.69, 9.17) is 0 Å². The maximum atomic E-state index is 0. The van der Waals surface area contributed by atoms with Gasteiger partial charge in [0.25, 0.3) is 0 Å². The first-order chi connectivity index (χ1) is 0. The van der Waals surface area contributed by atoms with Gasteiger partial charge in [0, 0.05) is 0 Å². The molecule has 0 amide bonds. The Morgan fingerprint density at radius 1 is 0.375 bits per heavy atom. The van der Waals surface area contributed by atoms with Crippen molar-refractivity contribution in [2.75, 3.05) is 0 Å². The molecule has 6 nitrogen and oxygen atoms in total. The summed E-state index contributed by atoms with van der Waals surface area (Å²) >= 11 is 0. The quantitative estimate of drug-likeness (QED) is 0.471. The molecule has 8 heteroatoms. The van der Waals surface area contributed by atoms with E-state index in [0.29, 0.717) is 0 Å². The van der Waals surface area contributed by atoms with Crippen molar-refractivity contribution in [3.63, 3.8) is 0 Å². The summed E-state index contributed by atoms with van der Waals surface area (Å²) in [5.74, 6) is 0. The Bertz CT molecular complexity index is 12.0. The van der Waals surface area contributed by atoms with Crippen molar-refractivity contribution in [2.24, 2.45) is 0 Å². The molecule has 0 aromatic carbocycles. The van der Waals surface area contributed by atoms with E-state index >= 15 is 0 Å². The molecule has 64 valence electrons. The SMILES string of the molecule is O.O.[NH2-].[NH2-].[NH2-].[NH2-].[Pt+2].[Pt+2]. The normalized spacial score (nSPS) is 0. The second-order valence-corrected chi connectivity index (χ2v) is 0. The summed E-state index contributed by atoms with van der Waals surface area (Å²) < 4.78 is 0. The molecule has 0 atom stereocenters. The molecule has 0 bridgehead atoms. The minimum Gasteiger partial charge on any atom is -0.693 e. The zero-order valence-corrected chi connectivity index (χ0v) is 8.49. The van der Waals surface area contributed by atoms with Gasteiger partial charge in [-0.1, -0.05) is 0 Å². The van der Waals surface area contributed by atoms with Crippen LogP contribution in [0.4, 0.5) is 0 Å². The molecule has 0 saturated carbocycles. The fraction of sp³-hybridized carbons (Fsp3) is 0. The van der Waals surface area contributed by atoms with E-state index in [1.54, 1.807) is 0 Å². The van der Waals surface area contributed by atoms with Crippen molar-refractivity contribution >= 4 is 0 Å². The van der Waals surface area contributed by atoms with Crippen LogP contribution >= 0.6 is 0 Å². The molecule has 0 heterocycles. The minimum absolute atomic E-state index is 0. The summed E-state index contributed by atoms with van der Waals surface area (Å²) in [7, 11) is 0. The van der Waals surface area contributed by atoms with Crippen LogP contribution in [0.1, 0.15) is 0 Å². The molecule has 0 saturated heterocycles. The molecule has 0 radical (unpaired) electrons. The van der Waals surface area contributed by atoms with Crippen LogP contribution < -0.4 is 0 Å². The molecular weight excluding hydrogens is 478 g/mol. The van der Waals surface area contributed by atoms with Gasteiger partial charge in [0.05, 0.1) is 0 Å². The first-order valence-electron chi connectivity index (χ1n) is 0. The number of hydrogen-bond donors (Lipinski definition) is 0. The van der Waals surface area contributed by atoms with Crippen LogP contribution in [0.3, 0.4) is 0 Å². The smallest absolute Gasteiger partial charge is 0.693 e. The van der Waals surface area contributed by atoms with Gasteiger partial charge >= 0.3 is 42.1 Å². The van der Waals surface area contributed by atoms with Crippen LogP contribution in [-0.2, 0) is 42.1 Å². The van der Waals surface area contributed by atoms with E-state index in [2.05, 4.69) is 0 Å². The number of rotatable bonds is 0. The second-order valence-electron chi connectivity index (χ2n) is 0. The molecular formula is H12N4O2Pt2. The topological polar surface area (TPSA) is 197 Å². The fourth-order valence-electron chi connectivity index (χ4n) is 0. The van der Waals surface area contributed by atoms with Crippen LogP contribution in [0.2, 0.25) is 0 Å². The van der Waals surface area contributed by atoms with Crippen LogP contribution in [0, 0.1) is 0 Å². The molecule has 0 aliphatic rings. The van der Waals surface area contributed by atoms with Gasteiger partial charge in [-0.15, -0.1) is 0 Å². The molecule has 0 rings (SSSR count). The van der Waals surface area contributed by atoms with Crippen LogP contribution in [0.15, 0.2) is 0 Å². The summed E-state index contributed by atoms with van der Waals surface area (Å²) in [6.07, 6.45) is 0. The Balaban J connectivity index is 0.